The van der Waals surface area contributed by atoms with Gasteiger partial charge in [0, 0.05) is 18.1 Å². The Morgan fingerprint density at radius 2 is 2.07 bits per heavy atom. The van der Waals surface area contributed by atoms with Crippen molar-refractivity contribution < 1.29 is 23.0 Å². The Morgan fingerprint density at radius 1 is 1.29 bits per heavy atom. The van der Waals surface area contributed by atoms with Crippen LogP contribution in [0.25, 0.3) is 22.4 Å². The molecule has 0 saturated carbocycles. The third-order valence-electron chi connectivity index (χ3n) is 5.08. The van der Waals surface area contributed by atoms with E-state index in [9.17, 15) is 18.3 Å². The molecule has 3 aromatic rings. The van der Waals surface area contributed by atoms with Crippen molar-refractivity contribution in [1.29, 1.82) is 0 Å². The average molecular weight is 392 g/mol. The van der Waals surface area contributed by atoms with Gasteiger partial charge in [-0.05, 0) is 31.0 Å². The van der Waals surface area contributed by atoms with Crippen LogP contribution in [0, 0.1) is 12.8 Å². The number of halogens is 3. The Kier molecular flexibility index (Phi) is 4.49. The quantitative estimate of drug-likeness (QED) is 0.710. The van der Waals surface area contributed by atoms with Gasteiger partial charge in [-0.3, -0.25) is 4.68 Å². The fourth-order valence-electron chi connectivity index (χ4n) is 3.63. The predicted molar refractivity (Wildman–Crippen MR) is 95.8 cm³/mol. The Labute approximate surface area is 159 Å². The van der Waals surface area contributed by atoms with E-state index < -0.39 is 17.5 Å². The van der Waals surface area contributed by atoms with E-state index in [2.05, 4.69) is 22.0 Å². The van der Waals surface area contributed by atoms with Gasteiger partial charge in [-0.1, -0.05) is 6.92 Å². The van der Waals surface area contributed by atoms with Crippen LogP contribution in [0.4, 0.5) is 13.2 Å². The van der Waals surface area contributed by atoms with Gasteiger partial charge in [0.1, 0.15) is 11.3 Å². The van der Waals surface area contributed by atoms with Crippen molar-refractivity contribution >= 4 is 11.2 Å². The molecule has 0 radical (unpaired) electrons. The minimum absolute atomic E-state index is 0.175. The van der Waals surface area contributed by atoms with Gasteiger partial charge in [0.05, 0.1) is 36.3 Å². The summed E-state index contributed by atoms with van der Waals surface area (Å²) < 4.78 is 46.1. The van der Waals surface area contributed by atoms with E-state index in [1.165, 1.54) is 13.1 Å². The lowest BCUT2D eigenvalue weighted by Gasteiger charge is -2.28. The summed E-state index contributed by atoms with van der Waals surface area (Å²) in [6.45, 7) is 4.91. The first-order chi connectivity index (χ1) is 13.2. The number of alkyl halides is 3. The van der Waals surface area contributed by atoms with E-state index in [4.69, 9.17) is 4.74 Å². The van der Waals surface area contributed by atoms with Crippen LogP contribution >= 0.6 is 0 Å². The van der Waals surface area contributed by atoms with Gasteiger partial charge in [-0.25, -0.2) is 9.97 Å². The Morgan fingerprint density at radius 3 is 2.75 bits per heavy atom. The number of phenols is 1. The minimum atomic E-state index is -4.53. The number of aromatic nitrogens is 4. The van der Waals surface area contributed by atoms with Crippen molar-refractivity contribution in [2.24, 2.45) is 5.92 Å². The van der Waals surface area contributed by atoms with E-state index in [1.54, 1.807) is 0 Å². The second-order valence-electron chi connectivity index (χ2n) is 7.17. The molecule has 148 valence electrons. The number of hydrogen-bond acceptors (Lipinski definition) is 5. The zero-order valence-corrected chi connectivity index (χ0v) is 15.4. The molecule has 1 aliphatic heterocycles. The van der Waals surface area contributed by atoms with E-state index in [1.807, 2.05) is 10.9 Å². The van der Waals surface area contributed by atoms with Gasteiger partial charge in [0.2, 0.25) is 0 Å². The molecule has 1 fully saturated rings. The fourth-order valence-corrected chi connectivity index (χ4v) is 3.63. The molecule has 9 heteroatoms. The van der Waals surface area contributed by atoms with E-state index in [0.29, 0.717) is 36.4 Å². The number of benzene rings is 1. The van der Waals surface area contributed by atoms with Crippen molar-refractivity contribution in [3.05, 3.63) is 35.7 Å². The van der Waals surface area contributed by atoms with E-state index in [-0.39, 0.29) is 22.9 Å². The lowest BCUT2D eigenvalue weighted by molar-refractivity contribution is -0.137. The second kappa shape index (κ2) is 6.73. The summed E-state index contributed by atoms with van der Waals surface area (Å²) in [7, 11) is 0. The van der Waals surface area contributed by atoms with Gasteiger partial charge in [-0.15, -0.1) is 0 Å². The predicted octanol–water partition coefficient (Wildman–Crippen LogP) is 4.12. The summed E-state index contributed by atoms with van der Waals surface area (Å²) in [5.74, 6) is -0.192. The molecule has 3 heterocycles. The van der Waals surface area contributed by atoms with Crippen LogP contribution in [0.15, 0.2) is 24.5 Å². The summed E-state index contributed by atoms with van der Waals surface area (Å²) in [5.41, 5.74) is 0.829. The smallest absolute Gasteiger partial charge is 0.416 e. The summed E-state index contributed by atoms with van der Waals surface area (Å²) >= 11 is 0. The number of rotatable bonds is 2. The van der Waals surface area contributed by atoms with Crippen LogP contribution in [-0.2, 0) is 10.9 Å². The van der Waals surface area contributed by atoms with Gasteiger partial charge >= 0.3 is 6.18 Å². The summed E-state index contributed by atoms with van der Waals surface area (Å²) in [6.07, 6.45) is -0.439. The number of aromatic hydroxyl groups is 1. The molecule has 1 saturated heterocycles. The summed E-state index contributed by atoms with van der Waals surface area (Å²) in [6, 6.07) is 1.87. The Balaban J connectivity index is 1.74. The number of aryl methyl sites for hydroxylation is 1. The molecule has 1 aliphatic rings. The van der Waals surface area contributed by atoms with Gasteiger partial charge in [-0.2, -0.15) is 18.3 Å². The monoisotopic (exact) mass is 392 g/mol. The highest BCUT2D eigenvalue weighted by Crippen LogP contribution is 2.38. The largest absolute Gasteiger partial charge is 0.507 e. The minimum Gasteiger partial charge on any atom is -0.507 e. The molecule has 4 rings (SSSR count). The molecule has 0 aliphatic carbocycles. The summed E-state index contributed by atoms with van der Waals surface area (Å²) in [4.78, 5) is 8.77. The van der Waals surface area contributed by atoms with Crippen molar-refractivity contribution in [3.63, 3.8) is 0 Å². The second-order valence-corrected chi connectivity index (χ2v) is 7.17. The zero-order valence-electron chi connectivity index (χ0n) is 15.4. The third kappa shape index (κ3) is 3.30. The molecule has 28 heavy (non-hydrogen) atoms. The lowest BCUT2D eigenvalue weighted by Crippen LogP contribution is -2.28. The van der Waals surface area contributed by atoms with Gasteiger partial charge in [0.25, 0.3) is 0 Å². The highest BCUT2D eigenvalue weighted by atomic mass is 19.4. The van der Waals surface area contributed by atoms with Crippen LogP contribution < -0.4 is 0 Å². The van der Waals surface area contributed by atoms with Crippen molar-refractivity contribution in [2.75, 3.05) is 13.2 Å². The number of nitrogens with zero attached hydrogens (tertiary/aromatic N) is 4. The van der Waals surface area contributed by atoms with Crippen molar-refractivity contribution in [3.8, 4) is 17.0 Å². The molecule has 0 amide bonds. The molecule has 2 atom stereocenters. The first-order valence-electron chi connectivity index (χ1n) is 8.95. The molecule has 1 aromatic carbocycles. The highest BCUT2D eigenvalue weighted by Gasteiger charge is 2.32. The third-order valence-corrected chi connectivity index (χ3v) is 5.08. The highest BCUT2D eigenvalue weighted by molar-refractivity contribution is 5.77. The number of fused-ring (bicyclic) bond motifs is 1. The maximum absolute atomic E-state index is 12.9. The normalized spacial score (nSPS) is 20.6. The first-order valence-corrected chi connectivity index (χ1v) is 8.95. The molecule has 6 nitrogen and oxygen atoms in total. The zero-order chi connectivity index (χ0) is 20.1. The van der Waals surface area contributed by atoms with Crippen LogP contribution in [0.5, 0.6) is 5.75 Å². The Hall–Kier alpha value is -2.68. The molecule has 0 spiro atoms. The average Bonchev–Trinajstić information content (AvgIpc) is 3.04. The topological polar surface area (TPSA) is 73.1 Å². The standard InChI is InChI=1S/C19H19F3N4O2/c1-10-5-12(19(20,21)22)6-16(27)17(10)13-7-23-14-8-26(25-18(14)24-13)15-3-4-28-9-11(15)2/h5-8,11,15,27H,3-4,9H2,1-2H3/t11-,15-/m0/s1. The number of ether oxygens (including phenoxy) is 1. The van der Waals surface area contributed by atoms with Crippen LogP contribution in [0.1, 0.15) is 30.5 Å². The van der Waals surface area contributed by atoms with E-state index >= 15 is 0 Å². The first kappa shape index (κ1) is 18.7. The SMILES string of the molecule is Cc1cc(C(F)(F)F)cc(O)c1-c1cnc2cn([C@H]3CCOC[C@@H]3C)nc2n1. The number of hydrogen-bond donors (Lipinski definition) is 1. The summed E-state index contributed by atoms with van der Waals surface area (Å²) in [5, 5.41) is 14.7. The van der Waals surface area contributed by atoms with Gasteiger partial charge in [0.15, 0.2) is 5.65 Å². The molecule has 0 unspecified atom stereocenters. The molecule has 1 N–H and O–H groups in total. The molecule has 2 aromatic heterocycles. The van der Waals surface area contributed by atoms with Crippen molar-refractivity contribution in [1.82, 2.24) is 19.7 Å². The number of phenolic OH excluding ortho intramolecular Hbond substituents is 1. The van der Waals surface area contributed by atoms with Crippen LogP contribution in [0.2, 0.25) is 0 Å². The maximum atomic E-state index is 12.9. The maximum Gasteiger partial charge on any atom is 0.416 e. The fraction of sp³-hybridized carbons (Fsp3) is 0.421. The molecular formula is C19H19F3N4O2. The molecule has 0 bridgehead atoms. The lowest BCUT2D eigenvalue weighted by atomic mass is 9.98. The Bertz CT molecular complexity index is 1010. The van der Waals surface area contributed by atoms with Crippen LogP contribution in [-0.4, -0.2) is 38.1 Å². The van der Waals surface area contributed by atoms with E-state index in [0.717, 1.165) is 12.5 Å². The van der Waals surface area contributed by atoms with Crippen LogP contribution in [0.3, 0.4) is 0 Å². The van der Waals surface area contributed by atoms with Gasteiger partial charge < -0.3 is 9.84 Å². The van der Waals surface area contributed by atoms with Crippen molar-refractivity contribution in [2.45, 2.75) is 32.5 Å². The molecular weight excluding hydrogens is 373 g/mol.